The van der Waals surface area contributed by atoms with E-state index in [1.165, 1.54) is 5.56 Å². The molecule has 2 rings (SSSR count). The summed E-state index contributed by atoms with van der Waals surface area (Å²) in [5.41, 5.74) is 1.22. The third kappa shape index (κ3) is 5.94. The zero-order chi connectivity index (χ0) is 14.2. The van der Waals surface area contributed by atoms with Crippen molar-refractivity contribution in [3.63, 3.8) is 0 Å². The molecule has 1 aromatic carbocycles. The number of nitrogens with one attached hydrogen (secondary N) is 2. The Bertz CT molecular complexity index is 419. The van der Waals surface area contributed by atoms with Crippen molar-refractivity contribution in [2.75, 3.05) is 26.2 Å². The van der Waals surface area contributed by atoms with Crippen LogP contribution in [0.2, 0.25) is 0 Å². The van der Waals surface area contributed by atoms with Crippen LogP contribution in [0.4, 0.5) is 0 Å². The number of halogens is 1. The van der Waals surface area contributed by atoms with Gasteiger partial charge in [0.1, 0.15) is 5.75 Å². The van der Waals surface area contributed by atoms with Crippen LogP contribution in [0.5, 0.6) is 5.75 Å². The van der Waals surface area contributed by atoms with Gasteiger partial charge in [-0.25, -0.2) is 0 Å². The maximum atomic E-state index is 11.6. The molecule has 4 nitrogen and oxygen atoms in total. The molecule has 1 heterocycles. The van der Waals surface area contributed by atoms with E-state index in [4.69, 9.17) is 4.74 Å². The fraction of sp³-hybridized carbons (Fsp3) is 0.562. The summed E-state index contributed by atoms with van der Waals surface area (Å²) < 4.78 is 5.62. The number of ether oxygens (including phenoxy) is 1. The van der Waals surface area contributed by atoms with Crippen molar-refractivity contribution in [2.24, 2.45) is 5.92 Å². The summed E-state index contributed by atoms with van der Waals surface area (Å²) in [5.74, 6) is 1.26. The Kier molecular flexibility index (Phi) is 8.16. The lowest BCUT2D eigenvalue weighted by molar-refractivity contribution is -0.126. The molecule has 0 aliphatic carbocycles. The highest BCUT2D eigenvalue weighted by atomic mass is 35.5. The van der Waals surface area contributed by atoms with E-state index in [0.717, 1.165) is 44.7 Å². The number of hydrogen-bond donors (Lipinski definition) is 2. The van der Waals surface area contributed by atoms with Crippen LogP contribution >= 0.6 is 12.4 Å². The van der Waals surface area contributed by atoms with Gasteiger partial charge in [-0.1, -0.05) is 25.5 Å². The third-order valence-corrected chi connectivity index (χ3v) is 3.56. The van der Waals surface area contributed by atoms with Crippen molar-refractivity contribution in [3.05, 3.63) is 29.8 Å². The molecular formula is C16H25ClN2O2. The number of unbranched alkanes of at least 4 members (excludes halogenated alkanes) is 1. The van der Waals surface area contributed by atoms with Crippen LogP contribution in [0.3, 0.4) is 0 Å². The zero-order valence-electron chi connectivity index (χ0n) is 12.6. The Labute approximate surface area is 133 Å². The lowest BCUT2D eigenvalue weighted by Crippen LogP contribution is -2.51. The smallest absolute Gasteiger partial charge is 0.225 e. The Morgan fingerprint density at radius 3 is 2.62 bits per heavy atom. The zero-order valence-corrected chi connectivity index (χ0v) is 13.4. The molecule has 0 aromatic heterocycles. The SMILES string of the molecule is CCCCOc1ccc(CCNC(=O)C2CNC2)cc1.Cl. The van der Waals surface area contributed by atoms with Gasteiger partial charge in [-0.05, 0) is 30.5 Å². The molecule has 1 aliphatic rings. The monoisotopic (exact) mass is 312 g/mol. The van der Waals surface area contributed by atoms with Gasteiger partial charge in [0, 0.05) is 19.6 Å². The molecule has 5 heteroatoms. The Balaban J connectivity index is 0.00000220. The molecule has 0 atom stereocenters. The van der Waals surface area contributed by atoms with Crippen molar-refractivity contribution >= 4 is 18.3 Å². The Morgan fingerprint density at radius 2 is 2.05 bits per heavy atom. The Hall–Kier alpha value is -1.26. The van der Waals surface area contributed by atoms with Crippen LogP contribution < -0.4 is 15.4 Å². The van der Waals surface area contributed by atoms with Crippen LogP contribution in [0.25, 0.3) is 0 Å². The second-order valence-corrected chi connectivity index (χ2v) is 5.24. The van der Waals surface area contributed by atoms with Gasteiger partial charge < -0.3 is 15.4 Å². The number of amides is 1. The second-order valence-electron chi connectivity index (χ2n) is 5.24. The minimum Gasteiger partial charge on any atom is -0.494 e. The maximum absolute atomic E-state index is 11.6. The molecule has 0 spiro atoms. The predicted octanol–water partition coefficient (Wildman–Crippen LogP) is 2.17. The van der Waals surface area contributed by atoms with Crippen molar-refractivity contribution in [2.45, 2.75) is 26.2 Å². The van der Waals surface area contributed by atoms with Crippen molar-refractivity contribution in [1.82, 2.24) is 10.6 Å². The van der Waals surface area contributed by atoms with Gasteiger partial charge in [0.15, 0.2) is 0 Å². The minimum atomic E-state index is 0. The summed E-state index contributed by atoms with van der Waals surface area (Å²) in [4.78, 5) is 11.6. The van der Waals surface area contributed by atoms with Gasteiger partial charge in [0.2, 0.25) is 5.91 Å². The average molecular weight is 313 g/mol. The molecular weight excluding hydrogens is 288 g/mol. The molecule has 1 fully saturated rings. The third-order valence-electron chi connectivity index (χ3n) is 3.56. The van der Waals surface area contributed by atoms with Crippen molar-refractivity contribution in [3.8, 4) is 5.75 Å². The predicted molar refractivity (Wildman–Crippen MR) is 87.2 cm³/mol. The molecule has 1 amide bonds. The fourth-order valence-electron chi connectivity index (χ4n) is 2.04. The molecule has 0 unspecified atom stereocenters. The van der Waals surface area contributed by atoms with Gasteiger partial charge in [0.05, 0.1) is 12.5 Å². The van der Waals surface area contributed by atoms with E-state index < -0.39 is 0 Å². The lowest BCUT2D eigenvalue weighted by Gasteiger charge is -2.25. The fourth-order valence-corrected chi connectivity index (χ4v) is 2.04. The van der Waals surface area contributed by atoms with Gasteiger partial charge in [0.25, 0.3) is 0 Å². The first-order valence-corrected chi connectivity index (χ1v) is 7.49. The molecule has 2 N–H and O–H groups in total. The largest absolute Gasteiger partial charge is 0.494 e. The number of benzene rings is 1. The summed E-state index contributed by atoms with van der Waals surface area (Å²) in [6, 6.07) is 8.14. The van der Waals surface area contributed by atoms with E-state index in [2.05, 4.69) is 29.7 Å². The van der Waals surface area contributed by atoms with Crippen molar-refractivity contribution in [1.29, 1.82) is 0 Å². The highest BCUT2D eigenvalue weighted by Crippen LogP contribution is 2.13. The quantitative estimate of drug-likeness (QED) is 0.723. The van der Waals surface area contributed by atoms with E-state index in [9.17, 15) is 4.79 Å². The van der Waals surface area contributed by atoms with Crippen LogP contribution in [-0.4, -0.2) is 32.1 Å². The molecule has 0 saturated carbocycles. The van der Waals surface area contributed by atoms with Gasteiger partial charge in [-0.15, -0.1) is 12.4 Å². The molecule has 1 aliphatic heterocycles. The van der Waals surface area contributed by atoms with E-state index in [0.29, 0.717) is 6.54 Å². The van der Waals surface area contributed by atoms with E-state index in [-0.39, 0.29) is 24.2 Å². The molecule has 0 radical (unpaired) electrons. The summed E-state index contributed by atoms with van der Waals surface area (Å²) >= 11 is 0. The lowest BCUT2D eigenvalue weighted by atomic mass is 10.0. The number of carbonyl (C=O) groups is 1. The van der Waals surface area contributed by atoms with Crippen LogP contribution in [-0.2, 0) is 11.2 Å². The molecule has 1 aromatic rings. The summed E-state index contributed by atoms with van der Waals surface area (Å²) in [7, 11) is 0. The first-order valence-electron chi connectivity index (χ1n) is 7.49. The molecule has 118 valence electrons. The van der Waals surface area contributed by atoms with E-state index in [1.54, 1.807) is 0 Å². The number of hydrogen-bond acceptors (Lipinski definition) is 3. The molecule has 21 heavy (non-hydrogen) atoms. The van der Waals surface area contributed by atoms with E-state index >= 15 is 0 Å². The summed E-state index contributed by atoms with van der Waals surface area (Å²) in [6.45, 7) is 5.26. The topological polar surface area (TPSA) is 50.4 Å². The van der Waals surface area contributed by atoms with Gasteiger partial charge in [-0.2, -0.15) is 0 Å². The first-order chi connectivity index (χ1) is 9.79. The van der Waals surface area contributed by atoms with Crippen molar-refractivity contribution < 1.29 is 9.53 Å². The standard InChI is InChI=1S/C16H24N2O2.ClH/c1-2-3-10-20-15-6-4-13(5-7-15)8-9-18-16(19)14-11-17-12-14;/h4-7,14,17H,2-3,8-12H2,1H3,(H,18,19);1H. The van der Waals surface area contributed by atoms with Crippen LogP contribution in [0.15, 0.2) is 24.3 Å². The maximum Gasteiger partial charge on any atom is 0.225 e. The van der Waals surface area contributed by atoms with Crippen LogP contribution in [0, 0.1) is 5.92 Å². The highest BCUT2D eigenvalue weighted by Gasteiger charge is 2.23. The first kappa shape index (κ1) is 17.8. The highest BCUT2D eigenvalue weighted by molar-refractivity contribution is 5.85. The van der Waals surface area contributed by atoms with Gasteiger partial charge in [-0.3, -0.25) is 4.79 Å². The average Bonchev–Trinajstić information content (AvgIpc) is 2.39. The van der Waals surface area contributed by atoms with Crippen LogP contribution in [0.1, 0.15) is 25.3 Å². The normalized spacial score (nSPS) is 14.0. The molecule has 0 bridgehead atoms. The number of rotatable bonds is 8. The van der Waals surface area contributed by atoms with E-state index in [1.807, 2.05) is 12.1 Å². The second kappa shape index (κ2) is 9.64. The Morgan fingerprint density at radius 1 is 1.33 bits per heavy atom. The van der Waals surface area contributed by atoms with Gasteiger partial charge >= 0.3 is 0 Å². The molecule has 1 saturated heterocycles. The number of carbonyl (C=O) groups excluding carboxylic acids is 1. The summed E-state index contributed by atoms with van der Waals surface area (Å²) in [5, 5.41) is 6.08. The summed E-state index contributed by atoms with van der Waals surface area (Å²) in [6.07, 6.45) is 3.10. The minimum absolute atomic E-state index is 0.